The molecule has 0 saturated carbocycles. The van der Waals surface area contributed by atoms with Crippen molar-refractivity contribution in [3.63, 3.8) is 0 Å². The van der Waals surface area contributed by atoms with Crippen molar-refractivity contribution in [1.29, 1.82) is 0 Å². The van der Waals surface area contributed by atoms with Gasteiger partial charge in [-0.15, -0.1) is 0 Å². The van der Waals surface area contributed by atoms with Gasteiger partial charge in [-0.05, 0) is 49.2 Å². The van der Waals surface area contributed by atoms with E-state index in [2.05, 4.69) is 11.8 Å². The number of aliphatic hydroxyl groups is 1. The predicted molar refractivity (Wildman–Crippen MR) is 80.6 cm³/mol. The summed E-state index contributed by atoms with van der Waals surface area (Å²) in [5, 5.41) is 9.52. The van der Waals surface area contributed by atoms with Gasteiger partial charge in [0.05, 0.1) is 6.10 Å². The Kier molecular flexibility index (Phi) is 4.81. The van der Waals surface area contributed by atoms with Crippen LogP contribution in [0.15, 0.2) is 48.5 Å². The van der Waals surface area contributed by atoms with Crippen molar-refractivity contribution in [3.05, 3.63) is 65.2 Å². The first-order valence-corrected chi connectivity index (χ1v) is 6.62. The van der Waals surface area contributed by atoms with Crippen LogP contribution in [0.4, 0.5) is 0 Å². The first-order chi connectivity index (χ1) is 9.66. The quantitative estimate of drug-likeness (QED) is 0.862. The largest absolute Gasteiger partial charge is 0.481 e. The second kappa shape index (κ2) is 6.79. The zero-order valence-corrected chi connectivity index (χ0v) is 11.8. The number of hydrogen-bond donors (Lipinski definition) is 1. The monoisotopic (exact) mass is 266 g/mol. The van der Waals surface area contributed by atoms with E-state index >= 15 is 0 Å². The molecule has 2 rings (SSSR count). The zero-order valence-electron chi connectivity index (χ0n) is 11.8. The van der Waals surface area contributed by atoms with Crippen LogP contribution < -0.4 is 4.74 Å². The highest BCUT2D eigenvalue weighted by atomic mass is 16.5. The summed E-state index contributed by atoms with van der Waals surface area (Å²) >= 11 is 0. The topological polar surface area (TPSA) is 29.5 Å². The van der Waals surface area contributed by atoms with E-state index in [1.807, 2.05) is 55.5 Å². The summed E-state index contributed by atoms with van der Waals surface area (Å²) in [5.41, 5.74) is 2.88. The van der Waals surface area contributed by atoms with Gasteiger partial charge in [-0.25, -0.2) is 0 Å². The van der Waals surface area contributed by atoms with Crippen molar-refractivity contribution >= 4 is 0 Å². The fraction of sp³-hybridized carbons (Fsp3) is 0.222. The number of benzene rings is 2. The van der Waals surface area contributed by atoms with Gasteiger partial charge in [-0.3, -0.25) is 0 Å². The first kappa shape index (κ1) is 14.2. The van der Waals surface area contributed by atoms with Gasteiger partial charge in [-0.1, -0.05) is 36.1 Å². The molecule has 2 aromatic rings. The van der Waals surface area contributed by atoms with E-state index in [1.54, 1.807) is 6.92 Å². The molecule has 0 heterocycles. The molecule has 1 N–H and O–H groups in total. The van der Waals surface area contributed by atoms with Crippen LogP contribution in [0.1, 0.15) is 29.7 Å². The minimum absolute atomic E-state index is 0.351. The molecule has 102 valence electrons. The Morgan fingerprint density at radius 1 is 1.15 bits per heavy atom. The van der Waals surface area contributed by atoms with Crippen molar-refractivity contribution < 1.29 is 9.84 Å². The van der Waals surface area contributed by atoms with E-state index in [4.69, 9.17) is 4.74 Å². The smallest absolute Gasteiger partial charge is 0.149 e. The molecule has 2 aromatic carbocycles. The van der Waals surface area contributed by atoms with E-state index in [-0.39, 0.29) is 0 Å². The Balaban J connectivity index is 1.97. The summed E-state index contributed by atoms with van der Waals surface area (Å²) < 4.78 is 5.64. The van der Waals surface area contributed by atoms with E-state index < -0.39 is 6.10 Å². The molecule has 0 radical (unpaired) electrons. The van der Waals surface area contributed by atoms with E-state index in [0.29, 0.717) is 6.61 Å². The second-order valence-corrected chi connectivity index (χ2v) is 4.66. The Morgan fingerprint density at radius 3 is 2.55 bits per heavy atom. The number of hydrogen-bond acceptors (Lipinski definition) is 2. The third kappa shape index (κ3) is 3.88. The third-order valence-electron chi connectivity index (χ3n) is 2.99. The summed E-state index contributed by atoms with van der Waals surface area (Å²) in [5.74, 6) is 6.84. The van der Waals surface area contributed by atoms with Crippen molar-refractivity contribution in [2.24, 2.45) is 0 Å². The highest BCUT2D eigenvalue weighted by Crippen LogP contribution is 2.22. The lowest BCUT2D eigenvalue weighted by molar-refractivity contribution is 0.199. The summed E-state index contributed by atoms with van der Waals surface area (Å²) in [7, 11) is 0. The maximum atomic E-state index is 9.52. The van der Waals surface area contributed by atoms with Crippen LogP contribution in [-0.2, 0) is 0 Å². The molecule has 2 nitrogen and oxygen atoms in total. The highest BCUT2D eigenvalue weighted by Gasteiger charge is 2.04. The van der Waals surface area contributed by atoms with E-state index in [9.17, 15) is 5.11 Å². The minimum atomic E-state index is -0.458. The van der Waals surface area contributed by atoms with Crippen LogP contribution in [0, 0.1) is 18.8 Å². The summed E-state index contributed by atoms with van der Waals surface area (Å²) in [6.45, 7) is 4.07. The van der Waals surface area contributed by atoms with E-state index in [0.717, 1.165) is 22.4 Å². The van der Waals surface area contributed by atoms with E-state index in [1.165, 1.54) is 0 Å². The Morgan fingerprint density at radius 2 is 1.90 bits per heavy atom. The molecule has 0 aliphatic rings. The SMILES string of the molecule is Cc1cc([C@H](C)O)ccc1OCC#Cc1ccccc1. The van der Waals surface area contributed by atoms with Gasteiger partial charge in [0.1, 0.15) is 12.4 Å². The van der Waals surface area contributed by atoms with Crippen LogP contribution in [0.3, 0.4) is 0 Å². The number of aryl methyl sites for hydroxylation is 1. The van der Waals surface area contributed by atoms with Crippen molar-refractivity contribution in [2.75, 3.05) is 6.61 Å². The van der Waals surface area contributed by atoms with Crippen LogP contribution >= 0.6 is 0 Å². The number of rotatable bonds is 3. The molecule has 1 atom stereocenters. The molecule has 0 aliphatic carbocycles. The lowest BCUT2D eigenvalue weighted by Gasteiger charge is -2.10. The Hall–Kier alpha value is -2.24. The minimum Gasteiger partial charge on any atom is -0.481 e. The van der Waals surface area contributed by atoms with Gasteiger partial charge in [-0.2, -0.15) is 0 Å². The first-order valence-electron chi connectivity index (χ1n) is 6.62. The molecular weight excluding hydrogens is 248 g/mol. The molecule has 0 amide bonds. The van der Waals surface area contributed by atoms with Crippen LogP contribution in [0.5, 0.6) is 5.75 Å². The third-order valence-corrected chi connectivity index (χ3v) is 2.99. The van der Waals surface area contributed by atoms with Crippen molar-refractivity contribution in [2.45, 2.75) is 20.0 Å². The fourth-order valence-electron chi connectivity index (χ4n) is 1.87. The Labute approximate surface area is 120 Å². The highest BCUT2D eigenvalue weighted by molar-refractivity contribution is 5.38. The predicted octanol–water partition coefficient (Wildman–Crippen LogP) is 3.48. The van der Waals surface area contributed by atoms with Gasteiger partial charge in [0.2, 0.25) is 0 Å². The van der Waals surface area contributed by atoms with Gasteiger partial charge in [0, 0.05) is 5.56 Å². The van der Waals surface area contributed by atoms with Crippen LogP contribution in [0.2, 0.25) is 0 Å². The van der Waals surface area contributed by atoms with Crippen LogP contribution in [0.25, 0.3) is 0 Å². The second-order valence-electron chi connectivity index (χ2n) is 4.66. The summed E-state index contributed by atoms with van der Waals surface area (Å²) in [4.78, 5) is 0. The normalized spacial score (nSPS) is 11.3. The van der Waals surface area contributed by atoms with Crippen molar-refractivity contribution in [1.82, 2.24) is 0 Å². The summed E-state index contributed by atoms with van der Waals surface area (Å²) in [6.07, 6.45) is -0.458. The van der Waals surface area contributed by atoms with Crippen LogP contribution in [-0.4, -0.2) is 11.7 Å². The molecule has 0 bridgehead atoms. The maximum Gasteiger partial charge on any atom is 0.149 e. The average Bonchev–Trinajstić information content (AvgIpc) is 2.46. The molecule has 0 unspecified atom stereocenters. The average molecular weight is 266 g/mol. The van der Waals surface area contributed by atoms with Gasteiger partial charge >= 0.3 is 0 Å². The molecule has 0 saturated heterocycles. The zero-order chi connectivity index (χ0) is 14.4. The lowest BCUT2D eigenvalue weighted by atomic mass is 10.1. The molecule has 20 heavy (non-hydrogen) atoms. The van der Waals surface area contributed by atoms with Gasteiger partial charge in [0.25, 0.3) is 0 Å². The summed E-state index contributed by atoms with van der Waals surface area (Å²) in [6, 6.07) is 15.5. The van der Waals surface area contributed by atoms with Gasteiger partial charge in [0.15, 0.2) is 0 Å². The Bertz CT molecular complexity index is 619. The number of aliphatic hydroxyl groups excluding tert-OH is 1. The molecule has 2 heteroatoms. The maximum absolute atomic E-state index is 9.52. The molecule has 0 aliphatic heterocycles. The molecule has 0 spiro atoms. The fourth-order valence-corrected chi connectivity index (χ4v) is 1.87. The number of ether oxygens (including phenoxy) is 1. The lowest BCUT2D eigenvalue weighted by Crippen LogP contribution is -1.98. The molecular formula is C18H18O2. The van der Waals surface area contributed by atoms with Gasteiger partial charge < -0.3 is 9.84 Å². The molecule has 0 fully saturated rings. The molecule has 0 aromatic heterocycles. The van der Waals surface area contributed by atoms with Crippen molar-refractivity contribution in [3.8, 4) is 17.6 Å². The standard InChI is InChI=1S/C18H18O2/c1-14-13-17(15(2)19)10-11-18(14)20-12-6-9-16-7-4-3-5-8-16/h3-5,7-8,10-11,13,15,19H,12H2,1-2H3/t15-/m0/s1.